The van der Waals surface area contributed by atoms with Crippen LogP contribution in [0.25, 0.3) is 111 Å². The van der Waals surface area contributed by atoms with E-state index < -0.39 is 0 Å². The van der Waals surface area contributed by atoms with Gasteiger partial charge in [0, 0.05) is 49.6 Å². The highest BCUT2D eigenvalue weighted by molar-refractivity contribution is 6.25. The van der Waals surface area contributed by atoms with Crippen LogP contribution in [0, 0.1) is 0 Å². The van der Waals surface area contributed by atoms with Crippen LogP contribution >= 0.6 is 0 Å². The molecule has 12 rings (SSSR count). The molecular formula is C53H33N5. The normalized spacial score (nSPS) is 11.8. The molecule has 0 saturated carbocycles. The summed E-state index contributed by atoms with van der Waals surface area (Å²) in [6.45, 7) is 0. The van der Waals surface area contributed by atoms with Gasteiger partial charge in [0.25, 0.3) is 0 Å². The lowest BCUT2D eigenvalue weighted by Gasteiger charge is -2.12. The first-order valence-corrected chi connectivity index (χ1v) is 19.6. The Hall–Kier alpha value is -7.89. The van der Waals surface area contributed by atoms with Crippen molar-refractivity contribution in [1.29, 1.82) is 0 Å². The van der Waals surface area contributed by atoms with Crippen molar-refractivity contribution in [2.24, 2.45) is 0 Å². The molecule has 5 heteroatoms. The third-order valence-electron chi connectivity index (χ3n) is 11.5. The Bertz CT molecular complexity index is 3550. The fraction of sp³-hybridized carbons (Fsp3) is 0. The number of aromatic nitrogens is 5. The Balaban J connectivity index is 1.07. The second-order valence-electron chi connectivity index (χ2n) is 14.9. The molecule has 58 heavy (non-hydrogen) atoms. The van der Waals surface area contributed by atoms with Gasteiger partial charge in [0.05, 0.1) is 22.1 Å². The Kier molecular flexibility index (Phi) is 7.16. The lowest BCUT2D eigenvalue weighted by Crippen LogP contribution is -2.00. The third kappa shape index (κ3) is 5.07. The molecule has 9 aromatic carbocycles. The molecule has 0 radical (unpaired) electrons. The van der Waals surface area contributed by atoms with Gasteiger partial charge in [-0.2, -0.15) is 0 Å². The summed E-state index contributed by atoms with van der Waals surface area (Å²) in [5.74, 6) is 1.92. The van der Waals surface area contributed by atoms with Gasteiger partial charge >= 0.3 is 0 Å². The van der Waals surface area contributed by atoms with E-state index in [0.29, 0.717) is 17.5 Å². The standard InChI is InChI=1S/C53H33N5/c1-3-15-36(16-4-1)51-54-52(56-53(55-51)39-24-23-34-13-7-8-17-38(34)31-39)37-25-28-41(29-26-37)58-47-30-27-35-14-9-10-20-42(35)50(47)45-32-44-43-21-11-12-22-46(43)57(48(44)33-49(45)58)40-18-5-2-6-19-40/h1-33H. The van der Waals surface area contributed by atoms with Crippen LogP contribution < -0.4 is 0 Å². The van der Waals surface area contributed by atoms with E-state index in [1.165, 1.54) is 48.7 Å². The van der Waals surface area contributed by atoms with E-state index in [1.807, 2.05) is 30.3 Å². The van der Waals surface area contributed by atoms with E-state index in [2.05, 4.69) is 179 Å². The molecule has 5 nitrogen and oxygen atoms in total. The maximum atomic E-state index is 5.09. The molecule has 3 aromatic heterocycles. The van der Waals surface area contributed by atoms with Gasteiger partial charge in [-0.3, -0.25) is 0 Å². The first-order valence-electron chi connectivity index (χ1n) is 19.6. The van der Waals surface area contributed by atoms with Crippen LogP contribution in [0.5, 0.6) is 0 Å². The minimum atomic E-state index is 0.630. The molecule has 270 valence electrons. The summed E-state index contributed by atoms with van der Waals surface area (Å²) in [5, 5.41) is 9.75. The quantitative estimate of drug-likeness (QED) is 0.177. The van der Waals surface area contributed by atoms with Crippen molar-refractivity contribution in [2.45, 2.75) is 0 Å². The summed E-state index contributed by atoms with van der Waals surface area (Å²) in [5.41, 5.74) is 9.69. The number of benzene rings is 9. The lowest BCUT2D eigenvalue weighted by atomic mass is 10.0. The molecule has 0 spiro atoms. The van der Waals surface area contributed by atoms with Crippen LogP contribution in [0.2, 0.25) is 0 Å². The number of hydrogen-bond donors (Lipinski definition) is 0. The van der Waals surface area contributed by atoms with Crippen LogP contribution in [-0.2, 0) is 0 Å². The van der Waals surface area contributed by atoms with E-state index in [1.54, 1.807) is 0 Å². The zero-order valence-corrected chi connectivity index (χ0v) is 31.3. The highest BCUT2D eigenvalue weighted by atomic mass is 15.0. The van der Waals surface area contributed by atoms with Crippen molar-refractivity contribution in [3.63, 3.8) is 0 Å². The summed E-state index contributed by atoms with van der Waals surface area (Å²) >= 11 is 0. The highest BCUT2D eigenvalue weighted by Gasteiger charge is 2.20. The van der Waals surface area contributed by atoms with Gasteiger partial charge in [-0.1, -0.05) is 133 Å². The van der Waals surface area contributed by atoms with E-state index >= 15 is 0 Å². The van der Waals surface area contributed by atoms with Crippen molar-refractivity contribution >= 4 is 65.2 Å². The minimum Gasteiger partial charge on any atom is -0.309 e. The number of fused-ring (bicyclic) bond motifs is 9. The van der Waals surface area contributed by atoms with Gasteiger partial charge in [0.15, 0.2) is 17.5 Å². The largest absolute Gasteiger partial charge is 0.309 e. The Labute approximate surface area is 333 Å². The van der Waals surface area contributed by atoms with Crippen LogP contribution in [-0.4, -0.2) is 24.1 Å². The molecule has 0 amide bonds. The van der Waals surface area contributed by atoms with Gasteiger partial charge in [-0.25, -0.2) is 15.0 Å². The molecule has 0 fully saturated rings. The summed E-state index contributed by atoms with van der Waals surface area (Å²) in [6, 6.07) is 71.0. The number of hydrogen-bond acceptors (Lipinski definition) is 3. The zero-order valence-electron chi connectivity index (χ0n) is 31.3. The van der Waals surface area contributed by atoms with E-state index in [-0.39, 0.29) is 0 Å². The summed E-state index contributed by atoms with van der Waals surface area (Å²) in [4.78, 5) is 15.1. The van der Waals surface area contributed by atoms with Crippen molar-refractivity contribution < 1.29 is 0 Å². The second kappa shape index (κ2) is 12.8. The maximum Gasteiger partial charge on any atom is 0.164 e. The van der Waals surface area contributed by atoms with Crippen LogP contribution in [0.3, 0.4) is 0 Å². The van der Waals surface area contributed by atoms with Crippen LogP contribution in [0.1, 0.15) is 0 Å². The molecule has 0 aliphatic carbocycles. The fourth-order valence-corrected chi connectivity index (χ4v) is 8.82. The summed E-state index contributed by atoms with van der Waals surface area (Å²) < 4.78 is 4.81. The van der Waals surface area contributed by atoms with Crippen LogP contribution in [0.15, 0.2) is 200 Å². The average molecular weight is 740 g/mol. The second-order valence-corrected chi connectivity index (χ2v) is 14.9. The van der Waals surface area contributed by atoms with E-state index in [0.717, 1.165) is 44.5 Å². The van der Waals surface area contributed by atoms with Crippen LogP contribution in [0.4, 0.5) is 0 Å². The molecule has 0 unspecified atom stereocenters. The van der Waals surface area contributed by atoms with E-state index in [9.17, 15) is 0 Å². The average Bonchev–Trinajstić information content (AvgIpc) is 3.80. The number of nitrogens with zero attached hydrogens (tertiary/aromatic N) is 5. The number of rotatable bonds is 5. The lowest BCUT2D eigenvalue weighted by molar-refractivity contribution is 1.07. The van der Waals surface area contributed by atoms with Gasteiger partial charge in [0.1, 0.15) is 0 Å². The molecular weight excluding hydrogens is 707 g/mol. The smallest absolute Gasteiger partial charge is 0.164 e. The maximum absolute atomic E-state index is 5.09. The predicted molar refractivity (Wildman–Crippen MR) is 240 cm³/mol. The van der Waals surface area contributed by atoms with Gasteiger partial charge in [-0.15, -0.1) is 0 Å². The van der Waals surface area contributed by atoms with Crippen molar-refractivity contribution in [2.75, 3.05) is 0 Å². The van der Waals surface area contributed by atoms with Crippen molar-refractivity contribution in [3.05, 3.63) is 200 Å². The molecule has 0 atom stereocenters. The SMILES string of the molecule is c1ccc(-c2nc(-c3ccc(-n4c5cc6c(cc5c5c7ccccc7ccc54)c4ccccc4n6-c4ccccc4)cc3)nc(-c3ccc4ccccc4c3)n2)cc1. The molecule has 0 aliphatic rings. The Morgan fingerprint density at radius 3 is 1.59 bits per heavy atom. The van der Waals surface area contributed by atoms with Gasteiger partial charge in [-0.05, 0) is 88.3 Å². The minimum absolute atomic E-state index is 0.630. The van der Waals surface area contributed by atoms with Crippen molar-refractivity contribution in [3.8, 4) is 45.5 Å². The zero-order chi connectivity index (χ0) is 38.2. The summed E-state index contributed by atoms with van der Waals surface area (Å²) in [7, 11) is 0. The molecule has 0 bridgehead atoms. The van der Waals surface area contributed by atoms with Gasteiger partial charge in [0.2, 0.25) is 0 Å². The first kappa shape index (κ1) is 32.4. The molecule has 3 heterocycles. The summed E-state index contributed by atoms with van der Waals surface area (Å²) in [6.07, 6.45) is 0. The number of para-hydroxylation sites is 2. The Morgan fingerprint density at radius 1 is 0.276 bits per heavy atom. The molecule has 0 aliphatic heterocycles. The van der Waals surface area contributed by atoms with Crippen molar-refractivity contribution in [1.82, 2.24) is 24.1 Å². The topological polar surface area (TPSA) is 48.5 Å². The molecule has 0 N–H and O–H groups in total. The van der Waals surface area contributed by atoms with Gasteiger partial charge < -0.3 is 9.13 Å². The monoisotopic (exact) mass is 739 g/mol. The fourth-order valence-electron chi connectivity index (χ4n) is 8.82. The van der Waals surface area contributed by atoms with E-state index in [4.69, 9.17) is 15.0 Å². The predicted octanol–water partition coefficient (Wildman–Crippen LogP) is 13.4. The first-order chi connectivity index (χ1) is 28.7. The molecule has 0 saturated heterocycles. The Morgan fingerprint density at radius 2 is 0.810 bits per heavy atom. The third-order valence-corrected chi connectivity index (χ3v) is 11.5. The highest BCUT2D eigenvalue weighted by Crippen LogP contribution is 2.42. The molecule has 12 aromatic rings.